The number of anilines is 1. The third kappa shape index (κ3) is 1.47. The van der Waals surface area contributed by atoms with E-state index in [0.717, 1.165) is 22.9 Å². The third-order valence-corrected chi connectivity index (χ3v) is 3.42. The summed E-state index contributed by atoms with van der Waals surface area (Å²) in [5.74, 6) is 0.807. The quantitative estimate of drug-likeness (QED) is 0.755. The number of ether oxygens (including phenoxy) is 1. The van der Waals surface area contributed by atoms with Gasteiger partial charge in [0, 0.05) is 19.0 Å². The molecule has 1 unspecified atom stereocenters. The monoisotopic (exact) mass is 214 g/mol. The van der Waals surface area contributed by atoms with Crippen LogP contribution >= 0.6 is 11.3 Å². The van der Waals surface area contributed by atoms with Crippen molar-refractivity contribution in [1.82, 2.24) is 0 Å². The molecule has 2 heterocycles. The number of aliphatic hydroxyl groups is 1. The van der Waals surface area contributed by atoms with Crippen molar-refractivity contribution in [2.45, 2.75) is 6.10 Å². The van der Waals surface area contributed by atoms with E-state index < -0.39 is 6.10 Å². The van der Waals surface area contributed by atoms with Crippen LogP contribution in [0.25, 0.3) is 0 Å². The predicted octanol–water partition coefficient (Wildman–Crippen LogP) is 0.569. The Kier molecular flexibility index (Phi) is 2.62. The Bertz CT molecular complexity index is 327. The molecular formula is C9H14N2O2S. The molecule has 1 aromatic rings. The van der Waals surface area contributed by atoms with Crippen LogP contribution in [0.3, 0.4) is 0 Å². The van der Waals surface area contributed by atoms with Crippen LogP contribution in [0.1, 0.15) is 11.0 Å². The van der Waals surface area contributed by atoms with Gasteiger partial charge in [-0.15, -0.1) is 11.3 Å². The lowest BCUT2D eigenvalue weighted by Gasteiger charge is -2.26. The molecule has 4 nitrogen and oxygen atoms in total. The number of aliphatic hydroxyl groups excluding tert-OH is 1. The number of thiophene rings is 1. The molecule has 1 aliphatic rings. The molecule has 0 saturated carbocycles. The molecule has 1 aromatic heterocycles. The summed E-state index contributed by atoms with van der Waals surface area (Å²) in [6.07, 6.45) is -0.602. The molecule has 0 fully saturated rings. The van der Waals surface area contributed by atoms with Crippen molar-refractivity contribution in [2.75, 3.05) is 31.6 Å². The van der Waals surface area contributed by atoms with E-state index in [0.29, 0.717) is 6.61 Å². The van der Waals surface area contributed by atoms with Gasteiger partial charge in [0.1, 0.15) is 12.7 Å². The van der Waals surface area contributed by atoms with Crippen molar-refractivity contribution in [3.8, 4) is 5.75 Å². The zero-order valence-corrected chi connectivity index (χ0v) is 8.88. The van der Waals surface area contributed by atoms with E-state index in [2.05, 4.69) is 4.90 Å². The van der Waals surface area contributed by atoms with Crippen LogP contribution < -0.4 is 15.4 Å². The minimum atomic E-state index is -0.602. The Morgan fingerprint density at radius 3 is 3.29 bits per heavy atom. The fourth-order valence-corrected chi connectivity index (χ4v) is 2.55. The topological polar surface area (TPSA) is 58.7 Å². The number of hydrogen-bond donors (Lipinski definition) is 2. The smallest absolute Gasteiger partial charge is 0.159 e. The molecule has 0 spiro atoms. The normalized spacial score (nSPS) is 17.5. The van der Waals surface area contributed by atoms with Gasteiger partial charge in [-0.05, 0) is 0 Å². The second-order valence-electron chi connectivity index (χ2n) is 3.34. The molecule has 3 N–H and O–H groups in total. The summed E-state index contributed by atoms with van der Waals surface area (Å²) in [5.41, 5.74) is 6.48. The highest BCUT2D eigenvalue weighted by Gasteiger charge is 2.23. The van der Waals surface area contributed by atoms with Gasteiger partial charge in [0.05, 0.1) is 17.1 Å². The minimum absolute atomic E-state index is 0.236. The van der Waals surface area contributed by atoms with E-state index in [4.69, 9.17) is 10.5 Å². The average Bonchev–Trinajstić information content (AvgIpc) is 2.62. The van der Waals surface area contributed by atoms with Crippen LogP contribution in [0.5, 0.6) is 5.75 Å². The summed E-state index contributed by atoms with van der Waals surface area (Å²) < 4.78 is 5.54. The molecule has 14 heavy (non-hydrogen) atoms. The molecule has 1 aliphatic heterocycles. The van der Waals surface area contributed by atoms with E-state index in [1.807, 2.05) is 12.4 Å². The lowest BCUT2D eigenvalue weighted by molar-refractivity contribution is 0.183. The highest BCUT2D eigenvalue weighted by molar-refractivity contribution is 7.11. The fourth-order valence-electron chi connectivity index (χ4n) is 1.50. The van der Waals surface area contributed by atoms with Crippen LogP contribution in [-0.2, 0) is 0 Å². The number of rotatable bonds is 2. The highest BCUT2D eigenvalue weighted by Crippen LogP contribution is 2.42. The van der Waals surface area contributed by atoms with Gasteiger partial charge in [0.15, 0.2) is 5.75 Å². The Labute approximate surface area is 86.9 Å². The molecule has 0 radical (unpaired) electrons. The summed E-state index contributed by atoms with van der Waals surface area (Å²) >= 11 is 1.51. The van der Waals surface area contributed by atoms with Crippen LogP contribution in [0.4, 0.5) is 5.69 Å². The Balaban J connectivity index is 2.35. The van der Waals surface area contributed by atoms with Crippen molar-refractivity contribution >= 4 is 17.0 Å². The lowest BCUT2D eigenvalue weighted by Crippen LogP contribution is -2.28. The third-order valence-electron chi connectivity index (χ3n) is 2.36. The SMILES string of the molecule is CN1CCOc2c1csc2C(O)CN. The van der Waals surface area contributed by atoms with Crippen LogP contribution in [-0.4, -0.2) is 31.9 Å². The summed E-state index contributed by atoms with van der Waals surface area (Å²) in [4.78, 5) is 2.97. The van der Waals surface area contributed by atoms with Gasteiger partial charge < -0.3 is 20.5 Å². The van der Waals surface area contributed by atoms with E-state index in [-0.39, 0.29) is 6.54 Å². The van der Waals surface area contributed by atoms with Gasteiger partial charge >= 0.3 is 0 Å². The maximum atomic E-state index is 9.65. The number of fused-ring (bicyclic) bond motifs is 1. The van der Waals surface area contributed by atoms with Gasteiger partial charge in [-0.3, -0.25) is 0 Å². The molecule has 78 valence electrons. The maximum absolute atomic E-state index is 9.65. The number of nitrogens with zero attached hydrogens (tertiary/aromatic N) is 1. The van der Waals surface area contributed by atoms with E-state index in [1.54, 1.807) is 0 Å². The van der Waals surface area contributed by atoms with Crippen LogP contribution in [0.15, 0.2) is 5.38 Å². The van der Waals surface area contributed by atoms with E-state index in [9.17, 15) is 5.11 Å². The second kappa shape index (κ2) is 3.76. The van der Waals surface area contributed by atoms with Crippen LogP contribution in [0, 0.1) is 0 Å². The van der Waals surface area contributed by atoms with Crippen molar-refractivity contribution in [1.29, 1.82) is 0 Å². The average molecular weight is 214 g/mol. The van der Waals surface area contributed by atoms with Gasteiger partial charge in [0.2, 0.25) is 0 Å². The first-order valence-corrected chi connectivity index (χ1v) is 5.45. The Morgan fingerprint density at radius 2 is 2.57 bits per heavy atom. The zero-order valence-electron chi connectivity index (χ0n) is 8.06. The molecule has 5 heteroatoms. The molecule has 0 bridgehead atoms. The van der Waals surface area contributed by atoms with Crippen molar-refractivity contribution in [3.05, 3.63) is 10.3 Å². The Morgan fingerprint density at radius 1 is 1.79 bits per heavy atom. The predicted molar refractivity (Wildman–Crippen MR) is 57.1 cm³/mol. The lowest BCUT2D eigenvalue weighted by atomic mass is 10.2. The van der Waals surface area contributed by atoms with Crippen molar-refractivity contribution in [3.63, 3.8) is 0 Å². The maximum Gasteiger partial charge on any atom is 0.159 e. The molecule has 0 aliphatic carbocycles. The number of likely N-dealkylation sites (N-methyl/N-ethyl adjacent to an activating group) is 1. The van der Waals surface area contributed by atoms with Crippen LogP contribution in [0.2, 0.25) is 0 Å². The summed E-state index contributed by atoms with van der Waals surface area (Å²) in [6.45, 7) is 1.80. The molecular weight excluding hydrogens is 200 g/mol. The second-order valence-corrected chi connectivity index (χ2v) is 4.25. The van der Waals surface area contributed by atoms with E-state index >= 15 is 0 Å². The first-order chi connectivity index (χ1) is 6.74. The number of nitrogens with two attached hydrogens (primary N) is 1. The standard InChI is InChI=1S/C9H14N2O2S/c1-11-2-3-13-8-6(11)5-14-9(8)7(12)4-10/h5,7,12H,2-4,10H2,1H3. The van der Waals surface area contributed by atoms with Crippen molar-refractivity contribution in [2.24, 2.45) is 5.73 Å². The summed E-state index contributed by atoms with van der Waals surface area (Å²) in [5, 5.41) is 11.6. The van der Waals surface area contributed by atoms with Gasteiger partial charge in [-0.25, -0.2) is 0 Å². The molecule has 1 atom stereocenters. The first-order valence-electron chi connectivity index (χ1n) is 4.57. The van der Waals surface area contributed by atoms with E-state index in [1.165, 1.54) is 11.3 Å². The highest BCUT2D eigenvalue weighted by atomic mass is 32.1. The van der Waals surface area contributed by atoms with Crippen molar-refractivity contribution < 1.29 is 9.84 Å². The number of hydrogen-bond acceptors (Lipinski definition) is 5. The molecule has 0 aromatic carbocycles. The first kappa shape index (κ1) is 9.76. The zero-order chi connectivity index (χ0) is 10.1. The largest absolute Gasteiger partial charge is 0.488 e. The molecule has 0 saturated heterocycles. The molecule has 2 rings (SSSR count). The summed E-state index contributed by atoms with van der Waals surface area (Å²) in [7, 11) is 2.02. The summed E-state index contributed by atoms with van der Waals surface area (Å²) in [6, 6.07) is 0. The van der Waals surface area contributed by atoms with Gasteiger partial charge in [-0.2, -0.15) is 0 Å². The minimum Gasteiger partial charge on any atom is -0.488 e. The van der Waals surface area contributed by atoms with Gasteiger partial charge in [0.25, 0.3) is 0 Å². The molecule has 0 amide bonds. The van der Waals surface area contributed by atoms with Gasteiger partial charge in [-0.1, -0.05) is 0 Å². The fraction of sp³-hybridized carbons (Fsp3) is 0.556. The Hall–Kier alpha value is -0.780.